The summed E-state index contributed by atoms with van der Waals surface area (Å²) in [4.78, 5) is 11.1. The van der Waals surface area contributed by atoms with Gasteiger partial charge in [0.15, 0.2) is 5.66 Å². The van der Waals surface area contributed by atoms with E-state index in [1.54, 1.807) is 0 Å². The molecule has 1 N–H and O–H groups in total. The number of thiophene rings is 1. The predicted octanol–water partition coefficient (Wildman–Crippen LogP) is 11.9. The summed E-state index contributed by atoms with van der Waals surface area (Å²) in [5.74, 6) is 1.61. The Kier molecular flexibility index (Phi) is 6.48. The van der Waals surface area contributed by atoms with Crippen LogP contribution in [0.2, 0.25) is 0 Å². The molecule has 1 aliphatic rings. The third-order valence-corrected chi connectivity index (χ3v) is 11.2. The maximum absolute atomic E-state index is 5.57. The lowest BCUT2D eigenvalue weighted by molar-refractivity contribution is 0.523. The Bertz CT molecular complexity index is 2820. The Balaban J connectivity index is 1.25. The first kappa shape index (κ1) is 28.9. The van der Waals surface area contributed by atoms with Gasteiger partial charge in [-0.3, -0.25) is 0 Å². The molecule has 1 aliphatic heterocycles. The van der Waals surface area contributed by atoms with E-state index in [-0.39, 0.29) is 0 Å². The monoisotopic (exact) mass is 657 g/mol. The Morgan fingerprint density at radius 3 is 1.60 bits per heavy atom. The van der Waals surface area contributed by atoms with Crippen LogP contribution >= 0.6 is 11.3 Å². The molecule has 4 heteroatoms. The van der Waals surface area contributed by atoms with Crippen LogP contribution in [0.1, 0.15) is 23.6 Å². The van der Waals surface area contributed by atoms with Gasteiger partial charge < -0.3 is 5.32 Å². The van der Waals surface area contributed by atoms with Crippen molar-refractivity contribution in [2.45, 2.75) is 12.6 Å². The molecule has 3 nitrogen and oxygen atoms in total. The fourth-order valence-electron chi connectivity index (χ4n) is 7.70. The Morgan fingerprint density at radius 1 is 0.420 bits per heavy atom. The van der Waals surface area contributed by atoms with Crippen LogP contribution < -0.4 is 5.32 Å². The second-order valence-electron chi connectivity index (χ2n) is 13.1. The van der Waals surface area contributed by atoms with E-state index in [0.717, 1.165) is 33.9 Å². The van der Waals surface area contributed by atoms with Crippen molar-refractivity contribution in [1.82, 2.24) is 5.32 Å². The number of benzene rings is 8. The Hall–Kier alpha value is -6.10. The number of aliphatic imine (C=N–C) groups is 2. The second-order valence-corrected chi connectivity index (χ2v) is 14.2. The molecule has 1 aromatic heterocycles. The second kappa shape index (κ2) is 11.2. The van der Waals surface area contributed by atoms with E-state index in [2.05, 4.69) is 170 Å². The highest BCUT2D eigenvalue weighted by Crippen LogP contribution is 2.45. The van der Waals surface area contributed by atoms with E-state index in [1.807, 2.05) is 17.4 Å². The summed E-state index contributed by atoms with van der Waals surface area (Å²) in [6.45, 7) is 2.16. The highest BCUT2D eigenvalue weighted by atomic mass is 32.1. The maximum atomic E-state index is 5.57. The van der Waals surface area contributed by atoms with Crippen molar-refractivity contribution in [2.24, 2.45) is 9.98 Å². The smallest absolute Gasteiger partial charge is 0.178 e. The lowest BCUT2D eigenvalue weighted by atomic mass is 9.91. The topological polar surface area (TPSA) is 36.8 Å². The molecule has 1 atom stereocenters. The van der Waals surface area contributed by atoms with Crippen molar-refractivity contribution in [3.8, 4) is 11.1 Å². The van der Waals surface area contributed by atoms with Gasteiger partial charge in [0.2, 0.25) is 0 Å². The summed E-state index contributed by atoms with van der Waals surface area (Å²) >= 11 is 1.83. The van der Waals surface area contributed by atoms with Gasteiger partial charge in [0.25, 0.3) is 0 Å². The van der Waals surface area contributed by atoms with Crippen molar-refractivity contribution in [3.63, 3.8) is 0 Å². The predicted molar refractivity (Wildman–Crippen MR) is 214 cm³/mol. The van der Waals surface area contributed by atoms with Crippen LogP contribution in [-0.4, -0.2) is 11.7 Å². The Labute approximate surface area is 293 Å². The van der Waals surface area contributed by atoms with Gasteiger partial charge in [-0.1, -0.05) is 140 Å². The average molecular weight is 658 g/mol. The maximum Gasteiger partial charge on any atom is 0.178 e. The van der Waals surface area contributed by atoms with E-state index in [4.69, 9.17) is 9.98 Å². The molecule has 0 amide bonds. The van der Waals surface area contributed by atoms with Gasteiger partial charge in [-0.05, 0) is 74.6 Å². The molecular formula is C46H31N3S. The normalized spacial score (nSPS) is 16.2. The molecule has 0 saturated carbocycles. The van der Waals surface area contributed by atoms with Crippen molar-refractivity contribution in [3.05, 3.63) is 180 Å². The molecule has 0 aliphatic carbocycles. The van der Waals surface area contributed by atoms with Crippen molar-refractivity contribution >= 4 is 75.5 Å². The number of nitrogens with zero attached hydrogens (tertiary/aromatic N) is 2. The van der Waals surface area contributed by atoms with Crippen molar-refractivity contribution in [1.29, 1.82) is 0 Å². The van der Waals surface area contributed by atoms with Crippen molar-refractivity contribution in [2.75, 3.05) is 0 Å². The summed E-state index contributed by atoms with van der Waals surface area (Å²) in [5.41, 5.74) is 4.56. The van der Waals surface area contributed by atoms with Crippen molar-refractivity contribution < 1.29 is 0 Å². The number of amidine groups is 2. The van der Waals surface area contributed by atoms with E-state index in [0.29, 0.717) is 0 Å². The zero-order valence-corrected chi connectivity index (χ0v) is 28.2. The largest absolute Gasteiger partial charge is 0.324 e. The van der Waals surface area contributed by atoms with Crippen LogP contribution in [0.15, 0.2) is 174 Å². The highest BCUT2D eigenvalue weighted by molar-refractivity contribution is 7.25. The molecule has 9 aromatic rings. The van der Waals surface area contributed by atoms with Gasteiger partial charge in [0, 0.05) is 36.9 Å². The lowest BCUT2D eigenvalue weighted by Gasteiger charge is -2.31. The lowest BCUT2D eigenvalue weighted by Crippen LogP contribution is -2.40. The molecule has 2 heterocycles. The molecule has 8 aromatic carbocycles. The van der Waals surface area contributed by atoms with E-state index in [9.17, 15) is 0 Å². The molecule has 10 rings (SSSR count). The highest BCUT2D eigenvalue weighted by Gasteiger charge is 2.34. The summed E-state index contributed by atoms with van der Waals surface area (Å²) in [7, 11) is 0. The van der Waals surface area contributed by atoms with E-state index in [1.165, 1.54) is 58.1 Å². The van der Waals surface area contributed by atoms with Crippen LogP contribution in [-0.2, 0) is 5.66 Å². The summed E-state index contributed by atoms with van der Waals surface area (Å²) in [6, 6.07) is 58.6. The van der Waals surface area contributed by atoms with Gasteiger partial charge >= 0.3 is 0 Å². The van der Waals surface area contributed by atoms with E-state index >= 15 is 0 Å². The molecule has 0 radical (unpaired) electrons. The fourth-order valence-corrected chi connectivity index (χ4v) is 8.87. The van der Waals surface area contributed by atoms with Crippen LogP contribution in [0.3, 0.4) is 0 Å². The number of rotatable bonds is 4. The first-order valence-corrected chi connectivity index (χ1v) is 17.8. The SMILES string of the molecule is CC1(c2cc(-c3ccccc3)cc3sc4ccccc4c23)N=C(c2ccccc2)NC(c2ccc3c4ccccc4c4ccccc4c3c2)=N1. The summed E-state index contributed by atoms with van der Waals surface area (Å²) < 4.78 is 2.50. The van der Waals surface area contributed by atoms with Crippen LogP contribution in [0, 0.1) is 0 Å². The van der Waals surface area contributed by atoms with Gasteiger partial charge in [0.1, 0.15) is 11.7 Å². The average Bonchev–Trinajstić information content (AvgIpc) is 3.56. The van der Waals surface area contributed by atoms with Gasteiger partial charge in [-0.25, -0.2) is 9.98 Å². The number of hydrogen-bond donors (Lipinski definition) is 1. The van der Waals surface area contributed by atoms with Crippen LogP contribution in [0.4, 0.5) is 0 Å². The molecule has 50 heavy (non-hydrogen) atoms. The fraction of sp³-hybridized carbons (Fsp3) is 0.0435. The van der Waals surface area contributed by atoms with Crippen LogP contribution in [0.5, 0.6) is 0 Å². The van der Waals surface area contributed by atoms with E-state index < -0.39 is 5.66 Å². The molecule has 0 saturated heterocycles. The minimum Gasteiger partial charge on any atom is -0.324 e. The molecule has 236 valence electrons. The van der Waals surface area contributed by atoms with Crippen LogP contribution in [0.25, 0.3) is 63.6 Å². The number of fused-ring (bicyclic) bond motifs is 9. The number of nitrogens with one attached hydrogen (secondary N) is 1. The zero-order chi connectivity index (χ0) is 33.2. The third-order valence-electron chi connectivity index (χ3n) is 10.1. The summed E-state index contributed by atoms with van der Waals surface area (Å²) in [5, 5.41) is 13.6. The standard InChI is InChI=1S/C46H31N3S/c1-46(40-27-32(29-14-4-2-5-15-29)28-42-43(40)38-22-12-13-23-41(38)50-42)48-44(30-16-6-3-7-17-30)47-45(49-46)31-24-25-37-35-20-9-8-18-33(35)34-19-10-11-21-36(34)39(37)26-31/h2-28H,1H3,(H,47,48,49). The first-order chi connectivity index (χ1) is 24.6. The Morgan fingerprint density at radius 2 is 0.940 bits per heavy atom. The zero-order valence-electron chi connectivity index (χ0n) is 27.4. The minimum absolute atomic E-state index is 0.804. The molecule has 0 fully saturated rings. The molecule has 1 unspecified atom stereocenters. The third kappa shape index (κ3) is 4.57. The summed E-state index contributed by atoms with van der Waals surface area (Å²) in [6.07, 6.45) is 0. The quantitative estimate of drug-likeness (QED) is 0.188. The van der Waals surface area contributed by atoms with Gasteiger partial charge in [-0.15, -0.1) is 11.3 Å². The first-order valence-electron chi connectivity index (χ1n) is 17.0. The van der Waals surface area contributed by atoms with Gasteiger partial charge in [-0.2, -0.15) is 0 Å². The molecule has 0 spiro atoms. The molecule has 0 bridgehead atoms. The minimum atomic E-state index is -0.918. The van der Waals surface area contributed by atoms with Gasteiger partial charge in [0.05, 0.1) is 0 Å². The number of hydrogen-bond acceptors (Lipinski definition) is 4. The molecular weight excluding hydrogens is 627 g/mol.